The van der Waals surface area contributed by atoms with Gasteiger partial charge >= 0.3 is 6.18 Å². The number of fused-ring (bicyclic) bond motifs is 1. The first kappa shape index (κ1) is 20.0. The topological polar surface area (TPSA) is 40.6 Å². The van der Waals surface area contributed by atoms with Crippen LogP contribution in [0.3, 0.4) is 0 Å². The number of nitrogens with zero attached hydrogens (tertiary/aromatic N) is 2. The van der Waals surface area contributed by atoms with E-state index < -0.39 is 23.6 Å². The third-order valence-electron chi connectivity index (χ3n) is 4.92. The van der Waals surface area contributed by atoms with Crippen LogP contribution in [-0.4, -0.2) is 31.3 Å². The molecule has 146 valence electrons. The first-order valence-electron chi connectivity index (χ1n) is 8.44. The van der Waals surface area contributed by atoms with Gasteiger partial charge in [0.2, 0.25) is 11.8 Å². The lowest BCUT2D eigenvalue weighted by Crippen LogP contribution is -2.47. The van der Waals surface area contributed by atoms with Crippen molar-refractivity contribution in [3.63, 3.8) is 0 Å². The number of alkyl halides is 3. The maximum absolute atomic E-state index is 13.0. The maximum Gasteiger partial charge on any atom is 0.416 e. The van der Waals surface area contributed by atoms with Gasteiger partial charge in [0.15, 0.2) is 0 Å². The molecule has 28 heavy (non-hydrogen) atoms. The molecule has 4 nitrogen and oxygen atoms in total. The van der Waals surface area contributed by atoms with Crippen LogP contribution in [0.4, 0.5) is 24.5 Å². The summed E-state index contributed by atoms with van der Waals surface area (Å²) in [6.07, 6.45) is -4.27. The number of anilines is 2. The molecule has 2 amide bonds. The molecule has 0 saturated heterocycles. The average molecular weight is 406 g/mol. The van der Waals surface area contributed by atoms with Crippen LogP contribution in [0.25, 0.3) is 0 Å². The third-order valence-corrected chi connectivity index (χ3v) is 5.18. The van der Waals surface area contributed by atoms with Gasteiger partial charge in [-0.1, -0.05) is 24.4 Å². The van der Waals surface area contributed by atoms with E-state index in [2.05, 4.69) is 0 Å². The van der Waals surface area contributed by atoms with Gasteiger partial charge in [0.05, 0.1) is 5.56 Å². The van der Waals surface area contributed by atoms with Crippen molar-refractivity contribution in [2.24, 2.45) is 5.92 Å². The molecule has 1 atom stereocenters. The minimum absolute atomic E-state index is 0.186. The van der Waals surface area contributed by atoms with Crippen molar-refractivity contribution >= 4 is 40.8 Å². The van der Waals surface area contributed by atoms with Gasteiger partial charge in [-0.25, -0.2) is 0 Å². The molecule has 0 bridgehead atoms. The second kappa shape index (κ2) is 7.35. The fraction of sp³-hybridized carbons (Fsp3) is 0.250. The van der Waals surface area contributed by atoms with Crippen LogP contribution in [0.2, 0.25) is 0 Å². The zero-order valence-corrected chi connectivity index (χ0v) is 16.0. The van der Waals surface area contributed by atoms with Gasteiger partial charge in [0.1, 0.15) is 5.92 Å². The standard InChI is InChI=1S/C20H17F3N2O2S/c1-24(14-8-6-13(7-9-14)20(21,22)23)18(26)16-10-15-12(11-28)4-3-5-17(15)25(2)19(16)27/h3-9,11,16H,10H2,1-2H3. The molecule has 0 aromatic heterocycles. The largest absolute Gasteiger partial charge is 0.416 e. The highest BCUT2D eigenvalue weighted by atomic mass is 32.1. The number of benzene rings is 2. The molecular weight excluding hydrogens is 389 g/mol. The first-order valence-corrected chi connectivity index (χ1v) is 8.91. The molecule has 0 aliphatic carbocycles. The van der Waals surface area contributed by atoms with Crippen LogP contribution in [0.15, 0.2) is 42.5 Å². The second-order valence-corrected chi connectivity index (χ2v) is 6.79. The Kier molecular flexibility index (Phi) is 5.25. The van der Waals surface area contributed by atoms with Crippen LogP contribution >= 0.6 is 12.2 Å². The normalized spacial score (nSPS) is 16.5. The Morgan fingerprint density at radius 3 is 2.43 bits per heavy atom. The average Bonchev–Trinajstić information content (AvgIpc) is 2.68. The fourth-order valence-corrected chi connectivity index (χ4v) is 3.53. The van der Waals surface area contributed by atoms with E-state index in [1.807, 2.05) is 6.07 Å². The Morgan fingerprint density at radius 1 is 1.21 bits per heavy atom. The molecule has 8 heteroatoms. The van der Waals surface area contributed by atoms with Crippen LogP contribution in [0.5, 0.6) is 0 Å². The third kappa shape index (κ3) is 3.52. The lowest BCUT2D eigenvalue weighted by Gasteiger charge is -2.33. The van der Waals surface area contributed by atoms with E-state index in [0.29, 0.717) is 5.69 Å². The lowest BCUT2D eigenvalue weighted by atomic mass is 9.88. The summed E-state index contributed by atoms with van der Waals surface area (Å²) in [5.41, 5.74) is 1.75. The Morgan fingerprint density at radius 2 is 1.86 bits per heavy atom. The molecule has 0 radical (unpaired) electrons. The van der Waals surface area contributed by atoms with Crippen molar-refractivity contribution in [1.82, 2.24) is 0 Å². The lowest BCUT2D eigenvalue weighted by molar-refractivity contribution is -0.137. The van der Waals surface area contributed by atoms with Crippen molar-refractivity contribution in [3.8, 4) is 0 Å². The fourth-order valence-electron chi connectivity index (χ4n) is 3.31. The summed E-state index contributed by atoms with van der Waals surface area (Å²) in [6, 6.07) is 9.65. The summed E-state index contributed by atoms with van der Waals surface area (Å²) in [5, 5.41) is 1.50. The number of hydrogen-bond donors (Lipinski definition) is 0. The molecule has 0 spiro atoms. The van der Waals surface area contributed by atoms with Crippen molar-refractivity contribution in [2.75, 3.05) is 23.9 Å². The number of hydrogen-bond acceptors (Lipinski definition) is 3. The Balaban J connectivity index is 1.89. The van der Waals surface area contributed by atoms with Gasteiger partial charge < -0.3 is 9.80 Å². The summed E-state index contributed by atoms with van der Waals surface area (Å²) in [4.78, 5) is 28.3. The Bertz CT molecular complexity index is 941. The number of rotatable bonds is 3. The maximum atomic E-state index is 13.0. The predicted molar refractivity (Wildman–Crippen MR) is 105 cm³/mol. The molecule has 1 heterocycles. The quantitative estimate of drug-likeness (QED) is 0.574. The van der Waals surface area contributed by atoms with Gasteiger partial charge in [0, 0.05) is 30.8 Å². The molecule has 1 aliphatic rings. The van der Waals surface area contributed by atoms with E-state index in [-0.39, 0.29) is 18.0 Å². The molecule has 2 aromatic carbocycles. The number of amides is 2. The van der Waals surface area contributed by atoms with Gasteiger partial charge in [-0.05, 0) is 47.9 Å². The Hall–Kier alpha value is -2.74. The highest BCUT2D eigenvalue weighted by Crippen LogP contribution is 2.34. The van der Waals surface area contributed by atoms with Gasteiger partial charge in [0.25, 0.3) is 0 Å². The van der Waals surface area contributed by atoms with Gasteiger partial charge in [-0.2, -0.15) is 13.2 Å². The van der Waals surface area contributed by atoms with E-state index in [1.54, 1.807) is 19.2 Å². The minimum atomic E-state index is -4.45. The molecule has 0 N–H and O–H groups in total. The molecular formula is C20H17F3N2O2S. The van der Waals surface area contributed by atoms with Gasteiger partial charge in [-0.3, -0.25) is 9.59 Å². The van der Waals surface area contributed by atoms with E-state index in [1.165, 1.54) is 34.3 Å². The molecule has 2 aromatic rings. The van der Waals surface area contributed by atoms with Crippen molar-refractivity contribution in [2.45, 2.75) is 12.6 Å². The molecule has 1 aliphatic heterocycles. The number of thiocarbonyl (C=S) groups is 1. The molecule has 1 unspecified atom stereocenters. The van der Waals surface area contributed by atoms with Crippen molar-refractivity contribution < 1.29 is 22.8 Å². The monoisotopic (exact) mass is 406 g/mol. The molecule has 0 fully saturated rings. The van der Waals surface area contributed by atoms with Crippen molar-refractivity contribution in [3.05, 3.63) is 59.2 Å². The number of carbonyl (C=O) groups excluding carboxylic acids is 2. The van der Waals surface area contributed by atoms with Crippen LogP contribution in [-0.2, 0) is 22.2 Å². The summed E-state index contributed by atoms with van der Waals surface area (Å²) >= 11 is 5.03. The zero-order valence-electron chi connectivity index (χ0n) is 15.2. The van der Waals surface area contributed by atoms with Gasteiger partial charge in [-0.15, -0.1) is 0 Å². The second-order valence-electron chi connectivity index (χ2n) is 6.56. The van der Waals surface area contributed by atoms with Crippen LogP contribution < -0.4 is 9.80 Å². The first-order chi connectivity index (χ1) is 13.1. The highest BCUT2D eigenvalue weighted by Gasteiger charge is 2.38. The summed E-state index contributed by atoms with van der Waals surface area (Å²) in [5.74, 6) is -1.82. The highest BCUT2D eigenvalue weighted by molar-refractivity contribution is 7.79. The minimum Gasteiger partial charge on any atom is -0.315 e. The summed E-state index contributed by atoms with van der Waals surface area (Å²) < 4.78 is 38.2. The van der Waals surface area contributed by atoms with E-state index in [4.69, 9.17) is 12.2 Å². The predicted octanol–water partition coefficient (Wildman–Crippen LogP) is 3.85. The van der Waals surface area contributed by atoms with Crippen LogP contribution in [0, 0.1) is 5.92 Å². The van der Waals surface area contributed by atoms with Crippen molar-refractivity contribution in [1.29, 1.82) is 0 Å². The van der Waals surface area contributed by atoms with E-state index in [9.17, 15) is 22.8 Å². The Labute approximate surface area is 165 Å². The molecule has 0 saturated carbocycles. The number of halogens is 3. The zero-order chi connectivity index (χ0) is 20.6. The molecule has 3 rings (SSSR count). The summed E-state index contributed by atoms with van der Waals surface area (Å²) in [6.45, 7) is 0. The van der Waals surface area contributed by atoms with E-state index in [0.717, 1.165) is 23.3 Å². The summed E-state index contributed by atoms with van der Waals surface area (Å²) in [7, 11) is 3.03. The van der Waals surface area contributed by atoms with Crippen LogP contribution in [0.1, 0.15) is 16.7 Å². The van der Waals surface area contributed by atoms with E-state index >= 15 is 0 Å². The SMILES string of the molecule is CN(C(=O)C1Cc2c(C=S)cccc2N(C)C1=O)c1ccc(C(F)(F)F)cc1. The smallest absolute Gasteiger partial charge is 0.315 e. The number of carbonyl (C=O) groups is 2.